The van der Waals surface area contributed by atoms with E-state index in [1.165, 1.54) is 0 Å². The smallest absolute Gasteiger partial charge is 0.162 e. The molecule has 1 aliphatic rings. The van der Waals surface area contributed by atoms with Crippen LogP contribution >= 0.6 is 34.8 Å². The number of fused-ring (bicyclic) bond motifs is 1. The summed E-state index contributed by atoms with van der Waals surface area (Å²) in [6.45, 7) is 0.618. The first-order valence-corrected chi connectivity index (χ1v) is 6.92. The van der Waals surface area contributed by atoms with Crippen LogP contribution in [0, 0.1) is 0 Å². The summed E-state index contributed by atoms with van der Waals surface area (Å²) in [5.41, 5.74) is 1.74. The highest BCUT2D eigenvalue weighted by molar-refractivity contribution is 6.36. The van der Waals surface area contributed by atoms with Crippen molar-refractivity contribution in [2.24, 2.45) is 0 Å². The van der Waals surface area contributed by atoms with Gasteiger partial charge in [-0.1, -0.05) is 53.0 Å². The zero-order chi connectivity index (χ0) is 13.4. The lowest BCUT2D eigenvalue weighted by atomic mass is 10.1. The van der Waals surface area contributed by atoms with Gasteiger partial charge in [0, 0.05) is 15.6 Å². The van der Waals surface area contributed by atoms with E-state index in [0.29, 0.717) is 27.4 Å². The van der Waals surface area contributed by atoms with E-state index >= 15 is 0 Å². The van der Waals surface area contributed by atoms with Crippen LogP contribution in [-0.2, 0) is 0 Å². The second-order valence-electron chi connectivity index (χ2n) is 4.27. The third-order valence-electron chi connectivity index (χ3n) is 3.00. The molecule has 2 aromatic rings. The molecule has 0 amide bonds. The highest BCUT2D eigenvalue weighted by Gasteiger charge is 2.24. The highest BCUT2D eigenvalue weighted by atomic mass is 35.5. The fourth-order valence-electron chi connectivity index (χ4n) is 2.11. The number of halogens is 3. The second kappa shape index (κ2) is 5.12. The predicted octanol–water partition coefficient (Wildman–Crippen LogP) is 5.19. The number of ether oxygens (including phenoxy) is 1. The van der Waals surface area contributed by atoms with E-state index in [2.05, 4.69) is 5.32 Å². The zero-order valence-electron chi connectivity index (χ0n) is 9.79. The van der Waals surface area contributed by atoms with Gasteiger partial charge in [0.1, 0.15) is 6.10 Å². The summed E-state index contributed by atoms with van der Waals surface area (Å²) in [7, 11) is 0. The van der Waals surface area contributed by atoms with Crippen molar-refractivity contribution >= 4 is 40.5 Å². The van der Waals surface area contributed by atoms with E-state index in [1.54, 1.807) is 12.1 Å². The Morgan fingerprint density at radius 2 is 1.84 bits per heavy atom. The van der Waals surface area contributed by atoms with Crippen molar-refractivity contribution in [2.45, 2.75) is 6.10 Å². The van der Waals surface area contributed by atoms with Gasteiger partial charge in [0.05, 0.1) is 17.3 Å². The van der Waals surface area contributed by atoms with E-state index in [-0.39, 0.29) is 6.10 Å². The maximum Gasteiger partial charge on any atom is 0.162 e. The minimum Gasteiger partial charge on any atom is -0.480 e. The van der Waals surface area contributed by atoms with Crippen LogP contribution in [-0.4, -0.2) is 6.54 Å². The number of hydrogen-bond acceptors (Lipinski definition) is 2. The first-order valence-electron chi connectivity index (χ1n) is 5.79. The maximum absolute atomic E-state index is 6.19. The van der Waals surface area contributed by atoms with E-state index in [4.69, 9.17) is 39.5 Å². The van der Waals surface area contributed by atoms with Crippen LogP contribution in [0.5, 0.6) is 5.75 Å². The molecule has 0 fully saturated rings. The minimum absolute atomic E-state index is 0.167. The van der Waals surface area contributed by atoms with Gasteiger partial charge in [-0.25, -0.2) is 0 Å². The molecule has 1 unspecified atom stereocenters. The van der Waals surface area contributed by atoms with Crippen molar-refractivity contribution in [1.82, 2.24) is 0 Å². The highest BCUT2D eigenvalue weighted by Crippen LogP contribution is 2.42. The molecular weight excluding hydrogens is 305 g/mol. The summed E-state index contributed by atoms with van der Waals surface area (Å²) in [5, 5.41) is 5.02. The Labute approximate surface area is 126 Å². The van der Waals surface area contributed by atoms with Crippen molar-refractivity contribution in [3.8, 4) is 5.75 Å². The van der Waals surface area contributed by atoms with Gasteiger partial charge in [-0.2, -0.15) is 0 Å². The number of nitrogens with one attached hydrogen (secondary N) is 1. The summed E-state index contributed by atoms with van der Waals surface area (Å²) >= 11 is 18.3. The number of hydrogen-bond donors (Lipinski definition) is 1. The Balaban J connectivity index is 1.97. The third-order valence-corrected chi connectivity index (χ3v) is 3.84. The van der Waals surface area contributed by atoms with Gasteiger partial charge in [0.15, 0.2) is 5.75 Å². The van der Waals surface area contributed by atoms with Crippen LogP contribution in [0.1, 0.15) is 11.7 Å². The second-order valence-corrected chi connectivity index (χ2v) is 5.52. The standard InChI is InChI=1S/C14H10Cl3NO/c15-8-5-11(17)14-12(6-8)18-7-13(19-14)9-3-1-2-4-10(9)16/h1-6,13,18H,7H2. The van der Waals surface area contributed by atoms with Gasteiger partial charge in [0.25, 0.3) is 0 Å². The average Bonchev–Trinajstić information content (AvgIpc) is 2.39. The number of anilines is 1. The molecule has 0 bridgehead atoms. The molecule has 5 heteroatoms. The van der Waals surface area contributed by atoms with Gasteiger partial charge in [-0.3, -0.25) is 0 Å². The first kappa shape index (κ1) is 12.9. The lowest BCUT2D eigenvalue weighted by Crippen LogP contribution is -2.24. The molecule has 0 saturated heterocycles. The molecule has 1 heterocycles. The molecule has 1 atom stereocenters. The Bertz CT molecular complexity index is 630. The maximum atomic E-state index is 6.19. The van der Waals surface area contributed by atoms with Crippen LogP contribution in [0.15, 0.2) is 36.4 Å². The predicted molar refractivity (Wildman–Crippen MR) is 79.8 cm³/mol. The molecule has 1 N–H and O–H groups in total. The number of rotatable bonds is 1. The first-order chi connectivity index (χ1) is 9.15. The largest absolute Gasteiger partial charge is 0.480 e. The Morgan fingerprint density at radius 3 is 2.63 bits per heavy atom. The van der Waals surface area contributed by atoms with Crippen LogP contribution in [0.4, 0.5) is 5.69 Å². The van der Waals surface area contributed by atoms with Crippen LogP contribution in [0.3, 0.4) is 0 Å². The summed E-state index contributed by atoms with van der Waals surface area (Å²) < 4.78 is 5.95. The van der Waals surface area contributed by atoms with Crippen molar-refractivity contribution in [1.29, 1.82) is 0 Å². The topological polar surface area (TPSA) is 21.3 Å². The molecule has 0 aromatic heterocycles. The van der Waals surface area contributed by atoms with Crippen molar-refractivity contribution in [3.05, 3.63) is 57.0 Å². The quantitative estimate of drug-likeness (QED) is 0.782. The summed E-state index contributed by atoms with van der Waals surface area (Å²) in [4.78, 5) is 0. The molecule has 3 rings (SSSR count). The molecular formula is C14H10Cl3NO. The van der Waals surface area contributed by atoms with Gasteiger partial charge in [-0.15, -0.1) is 0 Å². The Hall–Kier alpha value is -1.09. The van der Waals surface area contributed by atoms with E-state index in [1.807, 2.05) is 24.3 Å². The van der Waals surface area contributed by atoms with Gasteiger partial charge in [-0.05, 0) is 18.2 Å². The van der Waals surface area contributed by atoms with Crippen LogP contribution in [0.25, 0.3) is 0 Å². The van der Waals surface area contributed by atoms with Gasteiger partial charge >= 0.3 is 0 Å². The van der Waals surface area contributed by atoms with Gasteiger partial charge < -0.3 is 10.1 Å². The molecule has 0 aliphatic carbocycles. The summed E-state index contributed by atoms with van der Waals surface area (Å²) in [6, 6.07) is 11.1. The molecule has 1 aliphatic heterocycles. The fraction of sp³-hybridized carbons (Fsp3) is 0.143. The zero-order valence-corrected chi connectivity index (χ0v) is 12.1. The molecule has 98 valence electrons. The third kappa shape index (κ3) is 2.48. The Morgan fingerprint density at radius 1 is 1.05 bits per heavy atom. The molecule has 0 radical (unpaired) electrons. The average molecular weight is 315 g/mol. The van der Waals surface area contributed by atoms with Crippen LogP contribution in [0.2, 0.25) is 15.1 Å². The summed E-state index contributed by atoms with van der Waals surface area (Å²) in [5.74, 6) is 0.613. The monoisotopic (exact) mass is 313 g/mol. The summed E-state index contributed by atoms with van der Waals surface area (Å²) in [6.07, 6.45) is -0.167. The van der Waals surface area contributed by atoms with E-state index in [0.717, 1.165) is 11.3 Å². The van der Waals surface area contributed by atoms with Crippen LogP contribution < -0.4 is 10.1 Å². The van der Waals surface area contributed by atoms with Crippen molar-refractivity contribution < 1.29 is 4.74 Å². The lowest BCUT2D eigenvalue weighted by Gasteiger charge is -2.29. The number of benzene rings is 2. The van der Waals surface area contributed by atoms with Crippen molar-refractivity contribution in [2.75, 3.05) is 11.9 Å². The molecule has 0 spiro atoms. The lowest BCUT2D eigenvalue weighted by molar-refractivity contribution is 0.211. The molecule has 19 heavy (non-hydrogen) atoms. The normalized spacial score (nSPS) is 17.3. The molecule has 0 saturated carbocycles. The van der Waals surface area contributed by atoms with Crippen molar-refractivity contribution in [3.63, 3.8) is 0 Å². The van der Waals surface area contributed by atoms with Gasteiger partial charge in [0.2, 0.25) is 0 Å². The molecule has 2 nitrogen and oxygen atoms in total. The van der Waals surface area contributed by atoms with E-state index in [9.17, 15) is 0 Å². The minimum atomic E-state index is -0.167. The van der Waals surface area contributed by atoms with E-state index < -0.39 is 0 Å². The fourth-order valence-corrected chi connectivity index (χ4v) is 2.90. The molecule has 2 aromatic carbocycles. The Kier molecular flexibility index (Phi) is 3.48. The SMILES string of the molecule is Clc1cc(Cl)c2c(c1)NCC(c1ccccc1Cl)O2.